The molecule has 1 atom stereocenters. The Morgan fingerprint density at radius 3 is 2.49 bits per heavy atom. The third-order valence-electron chi connectivity index (χ3n) is 7.09. The SMILES string of the molecule is COc1cccc(N2CCN(c3nc4c(c(Nc5ccccc5)n3)C(=O)CC(c3ccco3)C4)CC2)c1. The number of carbonyl (C=O) groups excluding carboxylic acids is 1. The number of nitrogens with one attached hydrogen (secondary N) is 1. The van der Waals surface area contributed by atoms with Crippen LogP contribution < -0.4 is 19.9 Å². The van der Waals surface area contributed by atoms with Crippen molar-refractivity contribution in [1.29, 1.82) is 0 Å². The van der Waals surface area contributed by atoms with Gasteiger partial charge >= 0.3 is 0 Å². The molecule has 2 aromatic carbocycles. The number of benzene rings is 2. The average Bonchev–Trinajstić information content (AvgIpc) is 3.49. The molecule has 0 bridgehead atoms. The summed E-state index contributed by atoms with van der Waals surface area (Å²) in [5.41, 5.74) is 3.39. The first-order chi connectivity index (χ1) is 18.2. The number of ether oxygens (including phenoxy) is 1. The van der Waals surface area contributed by atoms with Crippen LogP contribution in [0, 0.1) is 0 Å². The van der Waals surface area contributed by atoms with Crippen molar-refractivity contribution in [2.45, 2.75) is 18.8 Å². The van der Waals surface area contributed by atoms with Crippen LogP contribution in [-0.2, 0) is 6.42 Å². The lowest BCUT2D eigenvalue weighted by molar-refractivity contribution is 0.0959. The zero-order valence-corrected chi connectivity index (χ0v) is 20.8. The van der Waals surface area contributed by atoms with Gasteiger partial charge in [-0.25, -0.2) is 4.98 Å². The molecule has 0 radical (unpaired) electrons. The van der Waals surface area contributed by atoms with Crippen LogP contribution in [0.25, 0.3) is 0 Å². The van der Waals surface area contributed by atoms with Gasteiger partial charge in [-0.15, -0.1) is 0 Å². The number of nitrogens with zero attached hydrogens (tertiary/aromatic N) is 4. The molecule has 2 aliphatic rings. The molecule has 188 valence electrons. The molecule has 6 rings (SSSR count). The lowest BCUT2D eigenvalue weighted by Crippen LogP contribution is -2.47. The van der Waals surface area contributed by atoms with Crippen molar-refractivity contribution < 1.29 is 13.9 Å². The van der Waals surface area contributed by atoms with Crippen molar-refractivity contribution >= 4 is 28.9 Å². The van der Waals surface area contributed by atoms with Crippen molar-refractivity contribution in [3.63, 3.8) is 0 Å². The van der Waals surface area contributed by atoms with Gasteiger partial charge in [0.05, 0.1) is 24.6 Å². The summed E-state index contributed by atoms with van der Waals surface area (Å²) in [5, 5.41) is 3.39. The minimum Gasteiger partial charge on any atom is -0.497 e. The largest absolute Gasteiger partial charge is 0.497 e. The predicted octanol–water partition coefficient (Wildman–Crippen LogP) is 5.06. The normalized spacial score (nSPS) is 17.4. The number of furan rings is 1. The van der Waals surface area contributed by atoms with Crippen molar-refractivity contribution in [1.82, 2.24) is 9.97 Å². The molecule has 3 heterocycles. The Balaban J connectivity index is 1.30. The number of hydrogen-bond donors (Lipinski definition) is 1. The second kappa shape index (κ2) is 9.97. The van der Waals surface area contributed by atoms with Gasteiger partial charge in [0, 0.05) is 62.4 Å². The van der Waals surface area contributed by atoms with Crippen molar-refractivity contribution in [2.75, 3.05) is 48.4 Å². The summed E-state index contributed by atoms with van der Waals surface area (Å²) in [5.74, 6) is 2.91. The number of hydrogen-bond acceptors (Lipinski definition) is 8. The number of anilines is 4. The Hall–Kier alpha value is -4.33. The van der Waals surface area contributed by atoms with Crippen LogP contribution in [0.2, 0.25) is 0 Å². The molecule has 0 amide bonds. The van der Waals surface area contributed by atoms with E-state index < -0.39 is 0 Å². The van der Waals surface area contributed by atoms with Gasteiger partial charge in [-0.2, -0.15) is 4.98 Å². The molecule has 37 heavy (non-hydrogen) atoms. The Morgan fingerprint density at radius 2 is 1.73 bits per heavy atom. The first-order valence-corrected chi connectivity index (χ1v) is 12.6. The molecule has 1 fully saturated rings. The fraction of sp³-hybridized carbons (Fsp3) is 0.276. The van der Waals surface area contributed by atoms with E-state index in [0.29, 0.717) is 30.2 Å². The highest BCUT2D eigenvalue weighted by atomic mass is 16.5. The van der Waals surface area contributed by atoms with Crippen LogP contribution in [0.5, 0.6) is 5.75 Å². The van der Waals surface area contributed by atoms with Crippen LogP contribution in [0.4, 0.5) is 23.1 Å². The summed E-state index contributed by atoms with van der Waals surface area (Å²) in [7, 11) is 1.69. The molecule has 1 saturated heterocycles. The molecule has 2 aromatic heterocycles. The van der Waals surface area contributed by atoms with Crippen molar-refractivity contribution in [2.24, 2.45) is 0 Å². The van der Waals surface area contributed by atoms with E-state index in [2.05, 4.69) is 27.2 Å². The standard InChI is InChI=1S/C29H29N5O3/c1-36-23-10-5-9-22(19-23)33-12-14-34(15-13-33)29-31-24-17-20(26-11-6-16-37-26)18-25(35)27(24)28(32-29)30-21-7-3-2-4-8-21/h2-11,16,19-20H,12-15,17-18H2,1H3,(H,30,31,32). The number of fused-ring (bicyclic) bond motifs is 1. The van der Waals surface area contributed by atoms with Crippen LogP contribution in [0.15, 0.2) is 77.4 Å². The fourth-order valence-electron chi connectivity index (χ4n) is 5.15. The maximum absolute atomic E-state index is 13.3. The molecule has 1 aliphatic carbocycles. The number of para-hydroxylation sites is 1. The summed E-state index contributed by atoms with van der Waals surface area (Å²) in [4.78, 5) is 27.7. The first kappa shape index (κ1) is 23.1. The summed E-state index contributed by atoms with van der Waals surface area (Å²) in [6, 6.07) is 21.8. The average molecular weight is 496 g/mol. The second-order valence-electron chi connectivity index (χ2n) is 9.40. The Bertz CT molecular complexity index is 1380. The minimum absolute atomic E-state index is 0.0211. The fourth-order valence-corrected chi connectivity index (χ4v) is 5.15. The van der Waals surface area contributed by atoms with Crippen molar-refractivity contribution in [3.8, 4) is 5.75 Å². The lowest BCUT2D eigenvalue weighted by Gasteiger charge is -2.36. The van der Waals surface area contributed by atoms with Gasteiger partial charge in [0.1, 0.15) is 17.3 Å². The second-order valence-corrected chi connectivity index (χ2v) is 9.40. The molecular formula is C29H29N5O3. The number of carbonyl (C=O) groups is 1. The predicted molar refractivity (Wildman–Crippen MR) is 143 cm³/mol. The third kappa shape index (κ3) is 4.74. The third-order valence-corrected chi connectivity index (χ3v) is 7.09. The zero-order valence-electron chi connectivity index (χ0n) is 20.8. The molecule has 1 aliphatic heterocycles. The monoisotopic (exact) mass is 495 g/mol. The number of piperazine rings is 1. The smallest absolute Gasteiger partial charge is 0.227 e. The van der Waals surface area contributed by atoms with Gasteiger partial charge in [-0.05, 0) is 36.4 Å². The van der Waals surface area contributed by atoms with Gasteiger partial charge in [0.2, 0.25) is 5.95 Å². The van der Waals surface area contributed by atoms with E-state index in [0.717, 1.165) is 54.8 Å². The highest BCUT2D eigenvalue weighted by Crippen LogP contribution is 2.37. The Labute approximate surface area is 215 Å². The molecule has 0 spiro atoms. The summed E-state index contributed by atoms with van der Waals surface area (Å²) < 4.78 is 11.0. The number of methoxy groups -OCH3 is 1. The van der Waals surface area contributed by atoms with E-state index in [1.165, 1.54) is 0 Å². The van der Waals surface area contributed by atoms with Gasteiger partial charge in [0.15, 0.2) is 5.78 Å². The highest BCUT2D eigenvalue weighted by molar-refractivity contribution is 6.03. The number of Topliss-reactive ketones (excluding diaryl/α,β-unsaturated/α-hetero) is 1. The molecule has 8 heteroatoms. The van der Waals surface area contributed by atoms with E-state index >= 15 is 0 Å². The van der Waals surface area contributed by atoms with Gasteiger partial charge in [-0.3, -0.25) is 4.79 Å². The van der Waals surface area contributed by atoms with Gasteiger partial charge in [-0.1, -0.05) is 24.3 Å². The molecule has 1 unspecified atom stereocenters. The van der Waals surface area contributed by atoms with E-state index in [-0.39, 0.29) is 11.7 Å². The summed E-state index contributed by atoms with van der Waals surface area (Å²) >= 11 is 0. The molecule has 8 nitrogen and oxygen atoms in total. The number of aromatic nitrogens is 2. The topological polar surface area (TPSA) is 83.7 Å². The Morgan fingerprint density at radius 1 is 0.919 bits per heavy atom. The van der Waals surface area contributed by atoms with Gasteiger partial charge < -0.3 is 24.3 Å². The summed E-state index contributed by atoms with van der Waals surface area (Å²) in [6.07, 6.45) is 2.67. The molecule has 0 saturated carbocycles. The molecule has 4 aromatic rings. The minimum atomic E-state index is -0.0211. The van der Waals surface area contributed by atoms with Gasteiger partial charge in [0.25, 0.3) is 0 Å². The Kier molecular flexibility index (Phi) is 6.22. The van der Waals surface area contributed by atoms with Crippen LogP contribution in [-0.4, -0.2) is 49.0 Å². The molecule has 1 N–H and O–H groups in total. The zero-order chi connectivity index (χ0) is 25.2. The van der Waals surface area contributed by atoms with Crippen LogP contribution in [0.3, 0.4) is 0 Å². The first-order valence-electron chi connectivity index (χ1n) is 12.6. The highest BCUT2D eigenvalue weighted by Gasteiger charge is 2.33. The van der Waals surface area contributed by atoms with Crippen LogP contribution >= 0.6 is 0 Å². The van der Waals surface area contributed by atoms with Crippen LogP contribution in [0.1, 0.15) is 34.2 Å². The number of rotatable bonds is 6. The van der Waals surface area contributed by atoms with E-state index in [9.17, 15) is 4.79 Å². The van der Waals surface area contributed by atoms with E-state index in [4.69, 9.17) is 19.1 Å². The molecular weight excluding hydrogens is 466 g/mol. The van der Waals surface area contributed by atoms with E-state index in [1.54, 1.807) is 13.4 Å². The number of ketones is 1. The van der Waals surface area contributed by atoms with Crippen molar-refractivity contribution in [3.05, 3.63) is 90.0 Å². The maximum Gasteiger partial charge on any atom is 0.227 e. The van der Waals surface area contributed by atoms with E-state index in [1.807, 2.05) is 54.6 Å². The lowest BCUT2D eigenvalue weighted by atomic mass is 9.84. The summed E-state index contributed by atoms with van der Waals surface area (Å²) in [6.45, 7) is 3.22. The quantitative estimate of drug-likeness (QED) is 0.397. The maximum atomic E-state index is 13.3.